The van der Waals surface area contributed by atoms with Gasteiger partial charge in [0.05, 0.1) is 17.8 Å². The maximum absolute atomic E-state index is 13.8. The zero-order valence-corrected chi connectivity index (χ0v) is 13.4. The van der Waals surface area contributed by atoms with E-state index in [1.807, 2.05) is 19.9 Å². The van der Waals surface area contributed by atoms with Crippen molar-refractivity contribution in [2.45, 2.75) is 39.3 Å². The number of aromatic nitrogens is 2. The predicted octanol–water partition coefficient (Wildman–Crippen LogP) is 2.25. The van der Waals surface area contributed by atoms with Crippen LogP contribution in [-0.2, 0) is 19.4 Å². The summed E-state index contributed by atoms with van der Waals surface area (Å²) in [4.78, 5) is 12.4. The van der Waals surface area contributed by atoms with Gasteiger partial charge in [0.2, 0.25) is 0 Å². The Bertz CT molecular complexity index is 836. The van der Waals surface area contributed by atoms with Gasteiger partial charge < -0.3 is 5.11 Å². The van der Waals surface area contributed by atoms with E-state index in [2.05, 4.69) is 5.10 Å². The average Bonchev–Trinajstić information content (AvgIpc) is 2.55. The third kappa shape index (κ3) is 3.19. The molecule has 0 spiro atoms. The molecule has 2 aromatic rings. The van der Waals surface area contributed by atoms with Gasteiger partial charge in [-0.05, 0) is 30.5 Å². The number of hydrogen-bond acceptors (Lipinski definition) is 4. The molecule has 1 aromatic heterocycles. The lowest BCUT2D eigenvalue weighted by molar-refractivity contribution is 0.140. The van der Waals surface area contributed by atoms with Crippen molar-refractivity contribution >= 4 is 0 Å². The Kier molecular flexibility index (Phi) is 5.42. The summed E-state index contributed by atoms with van der Waals surface area (Å²) < 4.78 is 28.4. The quantitative estimate of drug-likeness (QED) is 0.910. The minimum atomic E-state index is -1.60. The number of aryl methyl sites for hydroxylation is 1. The second kappa shape index (κ2) is 7.32. The third-order valence-corrected chi connectivity index (χ3v) is 3.82. The Balaban J connectivity index is 2.51. The van der Waals surface area contributed by atoms with Crippen molar-refractivity contribution in [2.75, 3.05) is 0 Å². The van der Waals surface area contributed by atoms with Crippen molar-refractivity contribution in [2.24, 2.45) is 0 Å². The van der Waals surface area contributed by atoms with E-state index in [1.54, 1.807) is 0 Å². The Morgan fingerprint density at radius 3 is 2.42 bits per heavy atom. The second-order valence-electron chi connectivity index (χ2n) is 5.26. The van der Waals surface area contributed by atoms with Crippen LogP contribution in [0.3, 0.4) is 0 Å². The number of rotatable bonds is 5. The monoisotopic (exact) mass is 333 g/mol. The van der Waals surface area contributed by atoms with Crippen molar-refractivity contribution in [3.8, 4) is 6.07 Å². The molecule has 1 aromatic carbocycles. The fourth-order valence-corrected chi connectivity index (χ4v) is 2.64. The van der Waals surface area contributed by atoms with Gasteiger partial charge in [0.25, 0.3) is 5.56 Å². The molecule has 0 fully saturated rings. The van der Waals surface area contributed by atoms with Gasteiger partial charge >= 0.3 is 0 Å². The highest BCUT2D eigenvalue weighted by Gasteiger charge is 2.21. The van der Waals surface area contributed by atoms with Crippen molar-refractivity contribution in [3.05, 3.63) is 62.6 Å². The van der Waals surface area contributed by atoms with Crippen LogP contribution in [0.1, 0.15) is 42.3 Å². The molecule has 0 bridgehead atoms. The zero-order chi connectivity index (χ0) is 17.9. The summed E-state index contributed by atoms with van der Waals surface area (Å²) in [5.41, 5.74) is -0.141. The van der Waals surface area contributed by atoms with E-state index >= 15 is 0 Å². The first kappa shape index (κ1) is 17.8. The van der Waals surface area contributed by atoms with Gasteiger partial charge in [0.1, 0.15) is 29.4 Å². The first-order valence-corrected chi connectivity index (χ1v) is 7.59. The molecule has 0 aliphatic heterocycles. The van der Waals surface area contributed by atoms with Gasteiger partial charge in [-0.1, -0.05) is 19.9 Å². The van der Waals surface area contributed by atoms with Crippen LogP contribution in [0.5, 0.6) is 0 Å². The smallest absolute Gasteiger partial charge is 0.285 e. The fraction of sp³-hybridized carbons (Fsp3) is 0.353. The van der Waals surface area contributed by atoms with Crippen LogP contribution in [0.4, 0.5) is 8.78 Å². The van der Waals surface area contributed by atoms with E-state index < -0.39 is 35.4 Å². The van der Waals surface area contributed by atoms with Crippen molar-refractivity contribution in [3.63, 3.8) is 0 Å². The van der Waals surface area contributed by atoms with Crippen LogP contribution in [0.15, 0.2) is 23.0 Å². The summed E-state index contributed by atoms with van der Waals surface area (Å²) in [6, 6.07) is 5.10. The minimum absolute atomic E-state index is 0.0504. The average molecular weight is 333 g/mol. The lowest BCUT2D eigenvalue weighted by Gasteiger charge is -2.16. The summed E-state index contributed by atoms with van der Waals surface area (Å²) >= 11 is 0. The van der Waals surface area contributed by atoms with Crippen LogP contribution >= 0.6 is 0 Å². The highest BCUT2D eigenvalue weighted by Crippen LogP contribution is 2.22. The predicted molar refractivity (Wildman–Crippen MR) is 83.3 cm³/mol. The highest BCUT2D eigenvalue weighted by atomic mass is 19.1. The molecule has 7 heteroatoms. The van der Waals surface area contributed by atoms with Gasteiger partial charge in [0, 0.05) is 0 Å². The molecule has 2 rings (SSSR count). The largest absolute Gasteiger partial charge is 0.386 e. The van der Waals surface area contributed by atoms with E-state index in [0.717, 1.165) is 16.8 Å². The topological polar surface area (TPSA) is 78.9 Å². The Labute approximate surface area is 137 Å². The van der Waals surface area contributed by atoms with Crippen LogP contribution in [0.2, 0.25) is 0 Å². The second-order valence-corrected chi connectivity index (χ2v) is 5.26. The van der Waals surface area contributed by atoms with Gasteiger partial charge in [-0.3, -0.25) is 4.79 Å². The molecule has 126 valence electrons. The van der Waals surface area contributed by atoms with Crippen LogP contribution in [-0.4, -0.2) is 14.9 Å². The van der Waals surface area contributed by atoms with E-state index in [1.165, 1.54) is 6.07 Å². The Morgan fingerprint density at radius 1 is 1.29 bits per heavy atom. The van der Waals surface area contributed by atoms with Crippen LogP contribution in [0, 0.1) is 23.0 Å². The van der Waals surface area contributed by atoms with Crippen molar-refractivity contribution in [1.29, 1.82) is 5.26 Å². The van der Waals surface area contributed by atoms with Crippen LogP contribution < -0.4 is 5.56 Å². The molecular weight excluding hydrogens is 316 g/mol. The zero-order valence-electron chi connectivity index (χ0n) is 13.4. The molecule has 0 saturated carbocycles. The van der Waals surface area contributed by atoms with Crippen LogP contribution in [0.25, 0.3) is 0 Å². The molecule has 1 atom stereocenters. The van der Waals surface area contributed by atoms with E-state index in [4.69, 9.17) is 0 Å². The molecule has 0 aliphatic carbocycles. The molecule has 1 unspecified atom stereocenters. The molecule has 0 amide bonds. The number of halogens is 2. The SMILES string of the molecule is CCc1nn(CC(O)c2c(F)cccc2F)c(=O)c(C#N)c1CC. The molecule has 0 radical (unpaired) electrons. The first-order valence-electron chi connectivity index (χ1n) is 7.59. The summed E-state index contributed by atoms with van der Waals surface area (Å²) in [5, 5.41) is 23.5. The standard InChI is InChI=1S/C17H17F2N3O2/c1-3-10-11(8-20)17(24)22(21-14(10)4-2)9-15(23)16-12(18)6-5-7-13(16)19/h5-7,15,23H,3-4,9H2,1-2H3. The number of hydrogen-bond donors (Lipinski definition) is 1. The third-order valence-electron chi connectivity index (χ3n) is 3.82. The highest BCUT2D eigenvalue weighted by molar-refractivity contribution is 5.38. The Morgan fingerprint density at radius 2 is 1.92 bits per heavy atom. The lowest BCUT2D eigenvalue weighted by Crippen LogP contribution is -2.31. The van der Waals surface area contributed by atoms with Gasteiger partial charge in [-0.15, -0.1) is 0 Å². The molecule has 1 heterocycles. The lowest BCUT2D eigenvalue weighted by atomic mass is 10.0. The molecular formula is C17H17F2N3O2. The minimum Gasteiger partial charge on any atom is -0.386 e. The summed E-state index contributed by atoms with van der Waals surface area (Å²) in [5.74, 6) is -1.81. The van der Waals surface area contributed by atoms with E-state index in [-0.39, 0.29) is 5.56 Å². The summed E-state index contributed by atoms with van der Waals surface area (Å²) in [6.07, 6.45) is -0.637. The Hall–Kier alpha value is -2.59. The fourth-order valence-electron chi connectivity index (χ4n) is 2.64. The van der Waals surface area contributed by atoms with Gasteiger partial charge in [0.15, 0.2) is 0 Å². The number of aliphatic hydroxyl groups excluding tert-OH is 1. The first-order chi connectivity index (χ1) is 11.4. The number of aliphatic hydroxyl groups is 1. The number of nitrogens with zero attached hydrogens (tertiary/aromatic N) is 3. The summed E-state index contributed by atoms with van der Waals surface area (Å²) in [6.45, 7) is 3.19. The summed E-state index contributed by atoms with van der Waals surface area (Å²) in [7, 11) is 0. The van der Waals surface area contributed by atoms with E-state index in [0.29, 0.717) is 24.1 Å². The molecule has 5 nitrogen and oxygen atoms in total. The van der Waals surface area contributed by atoms with Crippen molar-refractivity contribution < 1.29 is 13.9 Å². The molecule has 24 heavy (non-hydrogen) atoms. The normalized spacial score (nSPS) is 12.0. The maximum Gasteiger partial charge on any atom is 0.285 e. The number of nitriles is 1. The van der Waals surface area contributed by atoms with E-state index in [9.17, 15) is 23.9 Å². The van der Waals surface area contributed by atoms with Gasteiger partial charge in [-0.25, -0.2) is 13.5 Å². The van der Waals surface area contributed by atoms with Gasteiger partial charge in [-0.2, -0.15) is 10.4 Å². The molecule has 1 N–H and O–H groups in total. The maximum atomic E-state index is 13.8. The molecule has 0 aliphatic rings. The number of benzene rings is 1. The van der Waals surface area contributed by atoms with Crippen molar-refractivity contribution in [1.82, 2.24) is 9.78 Å². The molecule has 0 saturated heterocycles.